The van der Waals surface area contributed by atoms with Gasteiger partial charge in [-0.25, -0.2) is 0 Å². The second-order valence-corrected chi connectivity index (χ2v) is 5.37. The third kappa shape index (κ3) is 4.31. The molecule has 0 aliphatic carbocycles. The monoisotopic (exact) mass is 248 g/mol. The molecule has 0 saturated carbocycles. The van der Waals surface area contributed by atoms with Crippen LogP contribution in [-0.4, -0.2) is 37.7 Å². The highest BCUT2D eigenvalue weighted by Crippen LogP contribution is 2.14. The lowest BCUT2D eigenvalue weighted by Gasteiger charge is -2.27. The van der Waals surface area contributed by atoms with E-state index in [1.807, 2.05) is 0 Å². The maximum Gasteiger partial charge on any atom is 0.119 e. The number of nitrogens with zero attached hydrogens (tertiary/aromatic N) is 1. The van der Waals surface area contributed by atoms with Gasteiger partial charge in [0.1, 0.15) is 5.75 Å². The van der Waals surface area contributed by atoms with Gasteiger partial charge in [0.25, 0.3) is 0 Å². The minimum atomic E-state index is 0.575. The SMILES string of the molecule is CC(C)COc1ccc(CN2CCNCC2)cc1. The van der Waals surface area contributed by atoms with E-state index in [-0.39, 0.29) is 0 Å². The summed E-state index contributed by atoms with van der Waals surface area (Å²) in [6, 6.07) is 8.52. The number of hydrogen-bond acceptors (Lipinski definition) is 3. The molecule has 0 unspecified atom stereocenters. The first-order valence-electron chi connectivity index (χ1n) is 6.89. The van der Waals surface area contributed by atoms with E-state index in [0.717, 1.165) is 45.1 Å². The Balaban J connectivity index is 1.83. The van der Waals surface area contributed by atoms with Crippen LogP contribution in [0.15, 0.2) is 24.3 Å². The zero-order valence-corrected chi connectivity index (χ0v) is 11.5. The molecule has 1 aliphatic heterocycles. The van der Waals surface area contributed by atoms with E-state index >= 15 is 0 Å². The maximum absolute atomic E-state index is 5.69. The fourth-order valence-electron chi connectivity index (χ4n) is 2.08. The third-order valence-corrected chi connectivity index (χ3v) is 3.12. The smallest absolute Gasteiger partial charge is 0.119 e. The molecule has 1 saturated heterocycles. The van der Waals surface area contributed by atoms with E-state index in [4.69, 9.17) is 4.74 Å². The van der Waals surface area contributed by atoms with Crippen LogP contribution in [0, 0.1) is 5.92 Å². The van der Waals surface area contributed by atoms with Crippen LogP contribution in [-0.2, 0) is 6.54 Å². The largest absolute Gasteiger partial charge is 0.493 e. The number of nitrogens with one attached hydrogen (secondary N) is 1. The van der Waals surface area contributed by atoms with Gasteiger partial charge in [0.05, 0.1) is 6.61 Å². The molecule has 0 radical (unpaired) electrons. The standard InChI is InChI=1S/C15H24N2O/c1-13(2)12-18-15-5-3-14(4-6-15)11-17-9-7-16-8-10-17/h3-6,13,16H,7-12H2,1-2H3. The molecule has 0 atom stereocenters. The molecule has 1 aromatic rings. The van der Waals surface area contributed by atoms with Crippen LogP contribution < -0.4 is 10.1 Å². The summed E-state index contributed by atoms with van der Waals surface area (Å²) in [5, 5.41) is 3.38. The summed E-state index contributed by atoms with van der Waals surface area (Å²) in [5.41, 5.74) is 1.37. The van der Waals surface area contributed by atoms with E-state index < -0.39 is 0 Å². The summed E-state index contributed by atoms with van der Waals surface area (Å²) in [4.78, 5) is 2.49. The van der Waals surface area contributed by atoms with Gasteiger partial charge in [-0.2, -0.15) is 0 Å². The Bertz CT molecular complexity index is 342. The predicted octanol–water partition coefficient (Wildman–Crippen LogP) is 2.13. The van der Waals surface area contributed by atoms with Gasteiger partial charge in [-0.05, 0) is 23.6 Å². The van der Waals surface area contributed by atoms with Crippen molar-refractivity contribution in [1.82, 2.24) is 10.2 Å². The number of rotatable bonds is 5. The summed E-state index contributed by atoms with van der Waals surface area (Å²) in [6.07, 6.45) is 0. The van der Waals surface area contributed by atoms with E-state index in [2.05, 4.69) is 48.3 Å². The van der Waals surface area contributed by atoms with Crippen molar-refractivity contribution < 1.29 is 4.74 Å². The fraction of sp³-hybridized carbons (Fsp3) is 0.600. The molecule has 0 aromatic heterocycles. The van der Waals surface area contributed by atoms with E-state index in [1.165, 1.54) is 5.56 Å². The molecular weight excluding hydrogens is 224 g/mol. The van der Waals surface area contributed by atoms with E-state index in [0.29, 0.717) is 5.92 Å². The minimum absolute atomic E-state index is 0.575. The van der Waals surface area contributed by atoms with Gasteiger partial charge in [0, 0.05) is 32.7 Å². The Hall–Kier alpha value is -1.06. The van der Waals surface area contributed by atoms with Crippen molar-refractivity contribution >= 4 is 0 Å². The van der Waals surface area contributed by atoms with E-state index in [9.17, 15) is 0 Å². The molecule has 3 nitrogen and oxygen atoms in total. The summed E-state index contributed by atoms with van der Waals surface area (Å²) >= 11 is 0. The number of benzene rings is 1. The van der Waals surface area contributed by atoms with Crippen molar-refractivity contribution in [2.75, 3.05) is 32.8 Å². The average molecular weight is 248 g/mol. The molecule has 1 fully saturated rings. The molecule has 0 bridgehead atoms. The van der Waals surface area contributed by atoms with Crippen LogP contribution in [0.4, 0.5) is 0 Å². The van der Waals surface area contributed by atoms with Crippen LogP contribution in [0.2, 0.25) is 0 Å². The van der Waals surface area contributed by atoms with Gasteiger partial charge < -0.3 is 10.1 Å². The lowest BCUT2D eigenvalue weighted by molar-refractivity contribution is 0.233. The molecule has 0 spiro atoms. The average Bonchev–Trinajstić information content (AvgIpc) is 2.39. The maximum atomic E-state index is 5.69. The Kier molecular flexibility index (Phi) is 5.02. The Morgan fingerprint density at radius 2 is 1.83 bits per heavy atom. The highest BCUT2D eigenvalue weighted by molar-refractivity contribution is 5.27. The highest BCUT2D eigenvalue weighted by Gasteiger charge is 2.09. The second kappa shape index (κ2) is 6.76. The Labute approximate surface area is 110 Å². The first-order valence-corrected chi connectivity index (χ1v) is 6.89. The van der Waals surface area contributed by atoms with Crippen molar-refractivity contribution in [3.05, 3.63) is 29.8 Å². The van der Waals surface area contributed by atoms with Crippen LogP contribution in [0.3, 0.4) is 0 Å². The lowest BCUT2D eigenvalue weighted by atomic mass is 10.2. The van der Waals surface area contributed by atoms with Gasteiger partial charge in [0.15, 0.2) is 0 Å². The first kappa shape index (κ1) is 13.4. The summed E-state index contributed by atoms with van der Waals surface area (Å²) in [7, 11) is 0. The van der Waals surface area contributed by atoms with Crippen molar-refractivity contribution in [3.8, 4) is 5.75 Å². The molecule has 1 aromatic carbocycles. The summed E-state index contributed by atoms with van der Waals surface area (Å²) in [6.45, 7) is 10.7. The van der Waals surface area contributed by atoms with Gasteiger partial charge in [-0.15, -0.1) is 0 Å². The van der Waals surface area contributed by atoms with Crippen molar-refractivity contribution in [2.45, 2.75) is 20.4 Å². The third-order valence-electron chi connectivity index (χ3n) is 3.12. The molecule has 0 amide bonds. The first-order chi connectivity index (χ1) is 8.74. The van der Waals surface area contributed by atoms with Crippen molar-refractivity contribution in [2.24, 2.45) is 5.92 Å². The van der Waals surface area contributed by atoms with Crippen LogP contribution >= 0.6 is 0 Å². The molecule has 100 valence electrons. The Morgan fingerprint density at radius 1 is 1.17 bits per heavy atom. The van der Waals surface area contributed by atoms with Crippen molar-refractivity contribution in [1.29, 1.82) is 0 Å². The van der Waals surface area contributed by atoms with Gasteiger partial charge in [-0.1, -0.05) is 26.0 Å². The molecule has 3 heteroatoms. The zero-order valence-electron chi connectivity index (χ0n) is 11.5. The van der Waals surface area contributed by atoms with Crippen LogP contribution in [0.1, 0.15) is 19.4 Å². The quantitative estimate of drug-likeness (QED) is 0.864. The molecule has 1 aliphatic rings. The summed E-state index contributed by atoms with van der Waals surface area (Å²) in [5.74, 6) is 1.55. The fourth-order valence-corrected chi connectivity index (χ4v) is 2.08. The summed E-state index contributed by atoms with van der Waals surface area (Å²) < 4.78 is 5.69. The molecule has 2 rings (SSSR count). The molecule has 1 N–H and O–H groups in total. The zero-order chi connectivity index (χ0) is 12.8. The number of hydrogen-bond donors (Lipinski definition) is 1. The van der Waals surface area contributed by atoms with Gasteiger partial charge in [0.2, 0.25) is 0 Å². The molecule has 18 heavy (non-hydrogen) atoms. The number of piperazine rings is 1. The second-order valence-electron chi connectivity index (χ2n) is 5.37. The van der Waals surface area contributed by atoms with Crippen molar-refractivity contribution in [3.63, 3.8) is 0 Å². The van der Waals surface area contributed by atoms with Gasteiger partial charge in [-0.3, -0.25) is 4.90 Å². The minimum Gasteiger partial charge on any atom is -0.493 e. The topological polar surface area (TPSA) is 24.5 Å². The number of ether oxygens (including phenoxy) is 1. The van der Waals surface area contributed by atoms with Crippen LogP contribution in [0.5, 0.6) is 5.75 Å². The Morgan fingerprint density at radius 3 is 2.44 bits per heavy atom. The molecule has 1 heterocycles. The van der Waals surface area contributed by atoms with Crippen LogP contribution in [0.25, 0.3) is 0 Å². The van der Waals surface area contributed by atoms with Gasteiger partial charge >= 0.3 is 0 Å². The predicted molar refractivity (Wildman–Crippen MR) is 74.9 cm³/mol. The van der Waals surface area contributed by atoms with E-state index in [1.54, 1.807) is 0 Å². The highest BCUT2D eigenvalue weighted by atomic mass is 16.5. The molecular formula is C15H24N2O. The lowest BCUT2D eigenvalue weighted by Crippen LogP contribution is -2.42. The normalized spacial score (nSPS) is 17.1.